The number of carbonyl (C=O) groups excluding carboxylic acids is 1. The van der Waals surface area contributed by atoms with E-state index in [0.29, 0.717) is 50.6 Å². The monoisotopic (exact) mass is 449 g/mol. The van der Waals surface area contributed by atoms with E-state index in [-0.39, 0.29) is 23.9 Å². The van der Waals surface area contributed by atoms with Crippen LogP contribution in [-0.4, -0.2) is 68.1 Å². The molecular weight excluding hydrogens is 422 g/mol. The number of aromatic nitrogens is 1. The van der Waals surface area contributed by atoms with Gasteiger partial charge in [-0.25, -0.2) is 8.42 Å². The zero-order valence-electron chi connectivity index (χ0n) is 17.8. The van der Waals surface area contributed by atoms with Crippen LogP contribution in [0.3, 0.4) is 0 Å². The number of rotatable bonds is 5. The molecule has 10 heteroatoms. The molecule has 1 amide bonds. The van der Waals surface area contributed by atoms with Gasteiger partial charge in [0.25, 0.3) is 0 Å². The number of amides is 1. The minimum absolute atomic E-state index is 0.00706. The molecule has 0 atom stereocenters. The number of carbonyl (C=O) groups is 1. The second kappa shape index (κ2) is 8.88. The Kier molecular flexibility index (Phi) is 6.19. The highest BCUT2D eigenvalue weighted by Gasteiger charge is 2.31. The molecule has 31 heavy (non-hydrogen) atoms. The molecule has 0 aliphatic carbocycles. The molecule has 3 heterocycles. The molecule has 0 spiro atoms. The summed E-state index contributed by atoms with van der Waals surface area (Å²) in [7, 11) is -3.68. The Labute approximate surface area is 181 Å². The Balaban J connectivity index is 1.36. The number of piperazine rings is 1. The van der Waals surface area contributed by atoms with Crippen LogP contribution in [0.4, 0.5) is 0 Å². The first-order valence-electron chi connectivity index (χ1n) is 10.5. The summed E-state index contributed by atoms with van der Waals surface area (Å²) in [6, 6.07) is 4.71. The number of hydrogen-bond donors (Lipinski definition) is 0. The van der Waals surface area contributed by atoms with Gasteiger partial charge in [-0.05, 0) is 32.4 Å². The van der Waals surface area contributed by atoms with Gasteiger partial charge in [-0.15, -0.1) is 0 Å². The minimum Gasteiger partial charge on any atom is -0.490 e. The molecular formula is C21H27N3O6S. The lowest BCUT2D eigenvalue weighted by molar-refractivity contribution is -0.132. The molecule has 0 unspecified atom stereocenters. The highest BCUT2D eigenvalue weighted by molar-refractivity contribution is 7.89. The van der Waals surface area contributed by atoms with Crippen LogP contribution < -0.4 is 9.47 Å². The predicted octanol–water partition coefficient (Wildman–Crippen LogP) is 1.92. The molecule has 0 bridgehead atoms. The fourth-order valence-corrected chi connectivity index (χ4v) is 5.32. The first-order valence-corrected chi connectivity index (χ1v) is 11.9. The number of sulfonamides is 1. The molecule has 1 aromatic carbocycles. The average molecular weight is 450 g/mol. The van der Waals surface area contributed by atoms with Gasteiger partial charge in [0.15, 0.2) is 11.5 Å². The summed E-state index contributed by atoms with van der Waals surface area (Å²) < 4.78 is 44.0. The van der Waals surface area contributed by atoms with E-state index < -0.39 is 10.0 Å². The van der Waals surface area contributed by atoms with Crippen LogP contribution in [0.5, 0.6) is 11.5 Å². The van der Waals surface area contributed by atoms with Gasteiger partial charge in [0.2, 0.25) is 15.9 Å². The van der Waals surface area contributed by atoms with E-state index in [2.05, 4.69) is 5.16 Å². The summed E-state index contributed by atoms with van der Waals surface area (Å²) in [5.41, 5.74) is 1.76. The summed E-state index contributed by atoms with van der Waals surface area (Å²) in [4.78, 5) is 14.5. The van der Waals surface area contributed by atoms with E-state index in [1.165, 1.54) is 10.4 Å². The molecule has 1 fully saturated rings. The minimum atomic E-state index is -3.68. The van der Waals surface area contributed by atoms with Crippen LogP contribution >= 0.6 is 0 Å². The van der Waals surface area contributed by atoms with Crippen LogP contribution in [0.25, 0.3) is 0 Å². The largest absolute Gasteiger partial charge is 0.490 e. The third-order valence-corrected chi connectivity index (χ3v) is 7.61. The summed E-state index contributed by atoms with van der Waals surface area (Å²) in [6.07, 6.45) is 1.66. The summed E-state index contributed by atoms with van der Waals surface area (Å²) in [5, 5.41) is 3.91. The molecule has 168 valence electrons. The Morgan fingerprint density at radius 3 is 2.45 bits per heavy atom. The van der Waals surface area contributed by atoms with Crippen molar-refractivity contribution in [3.63, 3.8) is 0 Å². The average Bonchev–Trinajstić information content (AvgIpc) is 2.95. The van der Waals surface area contributed by atoms with Crippen molar-refractivity contribution in [2.45, 2.75) is 38.0 Å². The maximum atomic E-state index is 13.1. The zero-order chi connectivity index (χ0) is 22.0. The third-order valence-electron chi connectivity index (χ3n) is 5.72. The second-order valence-corrected chi connectivity index (χ2v) is 9.68. The summed E-state index contributed by atoms with van der Waals surface area (Å²) in [5.74, 6) is 1.75. The Bertz CT molecular complexity index is 1040. The van der Waals surface area contributed by atoms with E-state index in [1.807, 2.05) is 13.8 Å². The van der Waals surface area contributed by atoms with Crippen molar-refractivity contribution in [1.82, 2.24) is 14.4 Å². The maximum absolute atomic E-state index is 13.1. The normalized spacial score (nSPS) is 17.4. The quantitative estimate of drug-likeness (QED) is 0.687. The first kappa shape index (κ1) is 21.6. The van der Waals surface area contributed by atoms with Crippen molar-refractivity contribution < 1.29 is 27.2 Å². The molecule has 2 aliphatic rings. The van der Waals surface area contributed by atoms with Crippen molar-refractivity contribution in [2.24, 2.45) is 0 Å². The van der Waals surface area contributed by atoms with Crippen LogP contribution in [0.15, 0.2) is 27.6 Å². The number of ether oxygens (including phenoxy) is 2. The molecule has 0 radical (unpaired) electrons. The molecule has 0 N–H and O–H groups in total. The van der Waals surface area contributed by atoms with Gasteiger partial charge in [0.1, 0.15) is 5.76 Å². The van der Waals surface area contributed by atoms with Crippen molar-refractivity contribution in [1.29, 1.82) is 0 Å². The van der Waals surface area contributed by atoms with Gasteiger partial charge in [-0.2, -0.15) is 4.31 Å². The number of aryl methyl sites for hydroxylation is 2. The van der Waals surface area contributed by atoms with Gasteiger partial charge in [0, 0.05) is 50.7 Å². The van der Waals surface area contributed by atoms with Gasteiger partial charge in [-0.1, -0.05) is 5.16 Å². The van der Waals surface area contributed by atoms with E-state index in [1.54, 1.807) is 17.0 Å². The topological polar surface area (TPSA) is 102 Å². The van der Waals surface area contributed by atoms with Crippen LogP contribution in [0.1, 0.15) is 29.9 Å². The van der Waals surface area contributed by atoms with Crippen molar-refractivity contribution in [2.75, 3.05) is 39.4 Å². The van der Waals surface area contributed by atoms with E-state index in [4.69, 9.17) is 14.0 Å². The summed E-state index contributed by atoms with van der Waals surface area (Å²) >= 11 is 0. The first-order chi connectivity index (χ1) is 14.9. The SMILES string of the molecule is Cc1noc(C)c1CCC(=O)N1CCN(S(=O)(=O)c2ccc3c(c2)OCCCO3)CC1. The van der Waals surface area contributed by atoms with Gasteiger partial charge >= 0.3 is 0 Å². The summed E-state index contributed by atoms with van der Waals surface area (Å²) in [6.45, 7) is 5.98. The zero-order valence-corrected chi connectivity index (χ0v) is 18.6. The second-order valence-electron chi connectivity index (χ2n) is 7.75. The molecule has 4 rings (SSSR count). The molecule has 9 nitrogen and oxygen atoms in total. The van der Waals surface area contributed by atoms with Crippen molar-refractivity contribution >= 4 is 15.9 Å². The maximum Gasteiger partial charge on any atom is 0.243 e. The molecule has 2 aromatic rings. The lowest BCUT2D eigenvalue weighted by atomic mass is 10.1. The van der Waals surface area contributed by atoms with Gasteiger partial charge < -0.3 is 18.9 Å². The van der Waals surface area contributed by atoms with Crippen molar-refractivity contribution in [3.05, 3.63) is 35.2 Å². The van der Waals surface area contributed by atoms with E-state index in [9.17, 15) is 13.2 Å². The Morgan fingerprint density at radius 1 is 1.06 bits per heavy atom. The number of hydrogen-bond acceptors (Lipinski definition) is 7. The van der Waals surface area contributed by atoms with Gasteiger partial charge in [0.05, 0.1) is 23.8 Å². The standard InChI is InChI=1S/C21H27N3O6S/c1-15-18(16(2)30-22-15)5-7-21(25)23-8-10-24(11-9-23)31(26,27)17-4-6-19-20(14-17)29-13-3-12-28-19/h4,6,14H,3,5,7-13H2,1-2H3. The highest BCUT2D eigenvalue weighted by atomic mass is 32.2. The fourth-order valence-electron chi connectivity index (χ4n) is 3.88. The lowest BCUT2D eigenvalue weighted by Crippen LogP contribution is -2.50. The number of fused-ring (bicyclic) bond motifs is 1. The molecule has 1 aromatic heterocycles. The Hall–Kier alpha value is -2.59. The number of benzene rings is 1. The molecule has 0 saturated carbocycles. The third kappa shape index (κ3) is 4.54. The smallest absolute Gasteiger partial charge is 0.243 e. The van der Waals surface area contributed by atoms with Crippen LogP contribution in [0.2, 0.25) is 0 Å². The predicted molar refractivity (Wildman–Crippen MR) is 112 cm³/mol. The van der Waals surface area contributed by atoms with E-state index in [0.717, 1.165) is 23.4 Å². The van der Waals surface area contributed by atoms with Gasteiger partial charge in [-0.3, -0.25) is 4.79 Å². The van der Waals surface area contributed by atoms with E-state index >= 15 is 0 Å². The number of nitrogens with zero attached hydrogens (tertiary/aromatic N) is 3. The van der Waals surface area contributed by atoms with Crippen LogP contribution in [-0.2, 0) is 21.2 Å². The Morgan fingerprint density at radius 2 is 1.77 bits per heavy atom. The molecule has 1 saturated heterocycles. The molecule has 2 aliphatic heterocycles. The van der Waals surface area contributed by atoms with Crippen LogP contribution in [0, 0.1) is 13.8 Å². The highest BCUT2D eigenvalue weighted by Crippen LogP contribution is 2.33. The lowest BCUT2D eigenvalue weighted by Gasteiger charge is -2.34. The van der Waals surface area contributed by atoms with Crippen molar-refractivity contribution in [3.8, 4) is 11.5 Å². The fraction of sp³-hybridized carbons (Fsp3) is 0.524.